The van der Waals surface area contributed by atoms with Crippen molar-refractivity contribution >= 4 is 28.6 Å². The maximum absolute atomic E-state index is 13.6. The molecule has 0 unspecified atom stereocenters. The summed E-state index contributed by atoms with van der Waals surface area (Å²) in [6.45, 7) is -0.0927. The van der Waals surface area contributed by atoms with Gasteiger partial charge in [-0.2, -0.15) is 0 Å². The van der Waals surface area contributed by atoms with Crippen LogP contribution in [0.4, 0.5) is 5.82 Å². The molecule has 0 bridgehead atoms. The van der Waals surface area contributed by atoms with E-state index in [1.165, 1.54) is 22.9 Å². The first-order valence-corrected chi connectivity index (χ1v) is 12.5. The maximum atomic E-state index is 13.6. The minimum absolute atomic E-state index is 0.0394. The average Bonchev–Trinajstić information content (AvgIpc) is 3.38. The van der Waals surface area contributed by atoms with Crippen LogP contribution in [0.3, 0.4) is 0 Å². The number of hydrogen-bond acceptors (Lipinski definition) is 7. The Morgan fingerprint density at radius 2 is 1.80 bits per heavy atom. The van der Waals surface area contributed by atoms with Gasteiger partial charge >= 0.3 is 5.97 Å². The van der Waals surface area contributed by atoms with Crippen LogP contribution in [0.2, 0.25) is 0 Å². The minimum atomic E-state index is -1.18. The number of aromatic hydroxyl groups is 1. The van der Waals surface area contributed by atoms with E-state index in [-0.39, 0.29) is 31.1 Å². The van der Waals surface area contributed by atoms with E-state index in [1.807, 2.05) is 18.2 Å². The molecular formula is C29H26N6O5. The molecule has 11 heteroatoms. The molecule has 0 radical (unpaired) electrons. The summed E-state index contributed by atoms with van der Waals surface area (Å²) in [6, 6.07) is 17.7. The number of hydrogen-bond donors (Lipinski definition) is 5. The van der Waals surface area contributed by atoms with Crippen LogP contribution >= 0.6 is 0 Å². The normalized spacial score (nSPS) is 11.7. The van der Waals surface area contributed by atoms with E-state index in [0.717, 1.165) is 16.6 Å². The molecule has 5 N–H and O–H groups in total. The van der Waals surface area contributed by atoms with Crippen molar-refractivity contribution in [3.63, 3.8) is 0 Å². The fraction of sp³-hybridized carbons (Fsp3) is 0.138. The molecule has 3 aromatic heterocycles. The standard InChI is InChI=1S/C29H26N6O5/c36-22-8-6-18(7-9-22)12-24(29(39)40)34-27-28(38)35(25(16-32-27)19-4-2-1-3-5-19)17-26(37)31-15-21-13-20-14-30-11-10-23(20)33-21/h1-11,13-14,16,24,33,36H,12,15,17H2,(H,31,37)(H,32,34)(H,39,40)/t24-/m0/s1. The Kier molecular flexibility index (Phi) is 7.54. The number of anilines is 1. The van der Waals surface area contributed by atoms with Crippen LogP contribution in [0.15, 0.2) is 90.1 Å². The zero-order chi connectivity index (χ0) is 28.1. The molecule has 3 heterocycles. The summed E-state index contributed by atoms with van der Waals surface area (Å²) in [5.74, 6) is -1.72. The van der Waals surface area contributed by atoms with Crippen molar-refractivity contribution in [1.82, 2.24) is 24.8 Å². The Morgan fingerprint density at radius 1 is 1.02 bits per heavy atom. The highest BCUT2D eigenvalue weighted by molar-refractivity contribution is 5.80. The molecule has 0 saturated carbocycles. The number of carboxylic acids is 1. The van der Waals surface area contributed by atoms with Gasteiger partial charge in [0.1, 0.15) is 18.3 Å². The van der Waals surface area contributed by atoms with Gasteiger partial charge in [-0.1, -0.05) is 42.5 Å². The van der Waals surface area contributed by atoms with Gasteiger partial charge < -0.3 is 25.8 Å². The number of carbonyl (C=O) groups excluding carboxylic acids is 1. The lowest BCUT2D eigenvalue weighted by Gasteiger charge is -2.18. The number of aromatic amines is 1. The van der Waals surface area contributed by atoms with Gasteiger partial charge in [-0.25, -0.2) is 9.78 Å². The predicted octanol–water partition coefficient (Wildman–Crippen LogP) is 2.92. The van der Waals surface area contributed by atoms with Crippen molar-refractivity contribution in [2.24, 2.45) is 0 Å². The number of nitrogens with one attached hydrogen (secondary N) is 3. The summed E-state index contributed by atoms with van der Waals surface area (Å²) in [6.07, 6.45) is 4.88. The molecular weight excluding hydrogens is 512 g/mol. The Balaban J connectivity index is 1.39. The van der Waals surface area contributed by atoms with Crippen molar-refractivity contribution in [3.05, 3.63) is 107 Å². The van der Waals surface area contributed by atoms with E-state index in [1.54, 1.807) is 48.8 Å². The highest BCUT2D eigenvalue weighted by atomic mass is 16.4. The van der Waals surface area contributed by atoms with Crippen LogP contribution in [0.5, 0.6) is 5.75 Å². The molecule has 5 rings (SSSR count). The average molecular weight is 539 g/mol. The number of pyridine rings is 1. The third kappa shape index (κ3) is 5.99. The number of aliphatic carboxylic acids is 1. The van der Waals surface area contributed by atoms with Crippen LogP contribution in [0.25, 0.3) is 22.2 Å². The number of phenolic OH excluding ortho intramolecular Hbond substituents is 1. The van der Waals surface area contributed by atoms with E-state index >= 15 is 0 Å². The molecule has 202 valence electrons. The number of benzene rings is 2. The molecule has 1 atom stereocenters. The summed E-state index contributed by atoms with van der Waals surface area (Å²) in [5, 5.41) is 25.8. The number of amides is 1. The molecule has 0 aliphatic heterocycles. The summed E-state index contributed by atoms with van der Waals surface area (Å²) >= 11 is 0. The van der Waals surface area contributed by atoms with Crippen molar-refractivity contribution in [1.29, 1.82) is 0 Å². The Morgan fingerprint density at radius 3 is 2.52 bits per heavy atom. The van der Waals surface area contributed by atoms with Gasteiger partial charge in [-0.3, -0.25) is 19.1 Å². The van der Waals surface area contributed by atoms with E-state index in [0.29, 0.717) is 16.8 Å². The largest absolute Gasteiger partial charge is 0.508 e. The highest BCUT2D eigenvalue weighted by Gasteiger charge is 2.22. The Bertz CT molecular complexity index is 1680. The number of phenols is 1. The van der Waals surface area contributed by atoms with Gasteiger partial charge in [0.05, 0.1) is 18.4 Å². The van der Waals surface area contributed by atoms with Crippen LogP contribution in [-0.4, -0.2) is 47.7 Å². The number of carboxylic acid groups (broad SMARTS) is 1. The van der Waals surface area contributed by atoms with Crippen molar-refractivity contribution in [2.75, 3.05) is 5.32 Å². The van der Waals surface area contributed by atoms with Gasteiger partial charge in [-0.05, 0) is 35.4 Å². The second-order valence-electron chi connectivity index (χ2n) is 9.19. The fourth-order valence-corrected chi connectivity index (χ4v) is 4.34. The lowest BCUT2D eigenvalue weighted by molar-refractivity contribution is -0.137. The molecule has 0 saturated heterocycles. The molecule has 2 aromatic carbocycles. The number of fused-ring (bicyclic) bond motifs is 1. The van der Waals surface area contributed by atoms with Gasteiger partial charge in [0.25, 0.3) is 5.56 Å². The number of rotatable bonds is 10. The van der Waals surface area contributed by atoms with Crippen molar-refractivity contribution in [2.45, 2.75) is 25.6 Å². The first-order chi connectivity index (χ1) is 19.4. The molecule has 1 amide bonds. The van der Waals surface area contributed by atoms with Crippen LogP contribution in [-0.2, 0) is 29.1 Å². The summed E-state index contributed by atoms with van der Waals surface area (Å²) < 4.78 is 1.27. The lowest BCUT2D eigenvalue weighted by Crippen LogP contribution is -2.38. The van der Waals surface area contributed by atoms with Gasteiger partial charge in [0.2, 0.25) is 5.91 Å². The number of carbonyl (C=O) groups is 2. The second kappa shape index (κ2) is 11.5. The highest BCUT2D eigenvalue weighted by Crippen LogP contribution is 2.19. The zero-order valence-electron chi connectivity index (χ0n) is 21.2. The summed E-state index contributed by atoms with van der Waals surface area (Å²) in [7, 11) is 0. The smallest absolute Gasteiger partial charge is 0.326 e. The van der Waals surface area contributed by atoms with Crippen LogP contribution in [0.1, 0.15) is 11.3 Å². The second-order valence-corrected chi connectivity index (χ2v) is 9.19. The SMILES string of the molecule is O=C(Cn1c(-c2ccccc2)cnc(N[C@@H](Cc2ccc(O)cc2)C(=O)O)c1=O)NCc1cc2cnccc2[nH]1. The van der Waals surface area contributed by atoms with Gasteiger partial charge in [-0.15, -0.1) is 0 Å². The van der Waals surface area contributed by atoms with Gasteiger partial charge in [0, 0.05) is 35.4 Å². The maximum Gasteiger partial charge on any atom is 0.326 e. The Hall–Kier alpha value is -5.45. The van der Waals surface area contributed by atoms with Crippen molar-refractivity contribution < 1.29 is 19.8 Å². The number of nitrogens with zero attached hydrogens (tertiary/aromatic N) is 3. The van der Waals surface area contributed by atoms with E-state index in [2.05, 4.69) is 25.6 Å². The fourth-order valence-electron chi connectivity index (χ4n) is 4.34. The third-order valence-electron chi connectivity index (χ3n) is 6.36. The molecule has 0 fully saturated rings. The topological polar surface area (TPSA) is 162 Å². The monoisotopic (exact) mass is 538 g/mol. The molecule has 0 spiro atoms. The first kappa shape index (κ1) is 26.2. The predicted molar refractivity (Wildman–Crippen MR) is 149 cm³/mol. The van der Waals surface area contributed by atoms with E-state index in [9.17, 15) is 24.6 Å². The zero-order valence-corrected chi connectivity index (χ0v) is 21.2. The molecule has 40 heavy (non-hydrogen) atoms. The van der Waals surface area contributed by atoms with Crippen molar-refractivity contribution in [3.8, 4) is 17.0 Å². The lowest BCUT2D eigenvalue weighted by atomic mass is 10.1. The molecule has 5 aromatic rings. The molecule has 11 nitrogen and oxygen atoms in total. The number of aromatic nitrogens is 4. The first-order valence-electron chi connectivity index (χ1n) is 12.5. The molecule has 0 aliphatic rings. The summed E-state index contributed by atoms with van der Waals surface area (Å²) in [4.78, 5) is 50.1. The minimum Gasteiger partial charge on any atom is -0.508 e. The van der Waals surface area contributed by atoms with Gasteiger partial charge in [0.15, 0.2) is 5.82 Å². The van der Waals surface area contributed by atoms with Crippen LogP contribution in [0, 0.1) is 0 Å². The van der Waals surface area contributed by atoms with E-state index < -0.39 is 23.5 Å². The summed E-state index contributed by atoms with van der Waals surface area (Å²) in [5.41, 5.74) is 2.77. The third-order valence-corrected chi connectivity index (χ3v) is 6.36. The molecule has 0 aliphatic carbocycles. The Labute approximate surface area is 228 Å². The van der Waals surface area contributed by atoms with E-state index in [4.69, 9.17) is 0 Å². The number of H-pyrrole nitrogens is 1. The quantitative estimate of drug-likeness (QED) is 0.181. The van der Waals surface area contributed by atoms with Crippen LogP contribution < -0.4 is 16.2 Å².